The number of hydrogen-bond donors (Lipinski definition) is 2. The van der Waals surface area contributed by atoms with Crippen molar-refractivity contribution in [2.75, 3.05) is 18.4 Å². The number of anilines is 1. The Morgan fingerprint density at radius 3 is 2.48 bits per heavy atom. The first-order chi connectivity index (χ1) is 9.69. The highest BCUT2D eigenvalue weighted by Gasteiger charge is 2.41. The Bertz CT molecular complexity index is 549. The molecule has 0 amide bonds. The van der Waals surface area contributed by atoms with E-state index in [4.69, 9.17) is 0 Å². The Morgan fingerprint density at radius 1 is 1.33 bits per heavy atom. The first-order valence-corrected chi connectivity index (χ1v) is 7.53. The number of aromatic nitrogens is 1. The van der Waals surface area contributed by atoms with Crippen LogP contribution >= 0.6 is 0 Å². The lowest BCUT2D eigenvalue weighted by Crippen LogP contribution is -2.41. The van der Waals surface area contributed by atoms with Crippen molar-refractivity contribution in [1.29, 1.82) is 0 Å². The van der Waals surface area contributed by atoms with Crippen LogP contribution in [0.25, 0.3) is 0 Å². The first-order valence-electron chi connectivity index (χ1n) is 6.04. The fraction of sp³-hybridized carbons (Fsp3) is 0.545. The van der Waals surface area contributed by atoms with Crippen molar-refractivity contribution in [2.24, 2.45) is 0 Å². The number of rotatable bonds is 8. The van der Waals surface area contributed by atoms with Crippen LogP contribution in [0.1, 0.15) is 13.3 Å². The van der Waals surface area contributed by atoms with E-state index < -0.39 is 28.9 Å². The zero-order valence-corrected chi connectivity index (χ0v) is 11.9. The number of pyridine rings is 1. The minimum atomic E-state index is -4.43. The summed E-state index contributed by atoms with van der Waals surface area (Å²) in [4.78, 5) is 3.42. The maximum absolute atomic E-state index is 12.7. The maximum atomic E-state index is 12.7. The van der Waals surface area contributed by atoms with Crippen molar-refractivity contribution in [2.45, 2.75) is 30.6 Å². The summed E-state index contributed by atoms with van der Waals surface area (Å²) >= 11 is 0. The van der Waals surface area contributed by atoms with Crippen molar-refractivity contribution >= 4 is 15.8 Å². The Kier molecular flexibility index (Phi) is 5.90. The lowest BCUT2D eigenvalue weighted by Gasteiger charge is -2.15. The number of nitrogens with one attached hydrogen (secondary N) is 2. The minimum Gasteiger partial charge on any atom is -0.370 e. The van der Waals surface area contributed by atoms with Gasteiger partial charge < -0.3 is 5.32 Å². The fourth-order valence-corrected chi connectivity index (χ4v) is 2.24. The lowest BCUT2D eigenvalue weighted by atomic mass is 10.4. The molecule has 5 nitrogen and oxygen atoms in total. The number of sulfonamides is 1. The van der Waals surface area contributed by atoms with Crippen molar-refractivity contribution in [3.8, 4) is 0 Å². The minimum absolute atomic E-state index is 0.380. The highest BCUT2D eigenvalue weighted by atomic mass is 32.2. The predicted octanol–water partition coefficient (Wildman–Crippen LogP) is 2.08. The van der Waals surface area contributed by atoms with Crippen molar-refractivity contribution in [3.63, 3.8) is 0 Å². The standard InChI is InChI=1S/C11H15F4N3O2S/c1-2-5-16-9-4-3-8(6-17-9)21(19,20)18-7-11(14,15)10(12)13/h3-4,6,10,18H,2,5,7H2,1H3,(H,16,17). The molecule has 0 aliphatic rings. The molecule has 1 heterocycles. The topological polar surface area (TPSA) is 71.1 Å². The zero-order chi connectivity index (χ0) is 16.1. The second kappa shape index (κ2) is 7.03. The predicted molar refractivity (Wildman–Crippen MR) is 69.2 cm³/mol. The van der Waals surface area contributed by atoms with Gasteiger partial charge in [0.2, 0.25) is 10.0 Å². The van der Waals surface area contributed by atoms with Gasteiger partial charge in [-0.2, -0.15) is 8.78 Å². The maximum Gasteiger partial charge on any atom is 0.320 e. The van der Waals surface area contributed by atoms with E-state index in [0.717, 1.165) is 18.7 Å². The van der Waals surface area contributed by atoms with Gasteiger partial charge in [0.25, 0.3) is 0 Å². The van der Waals surface area contributed by atoms with Crippen LogP contribution in [-0.2, 0) is 10.0 Å². The van der Waals surface area contributed by atoms with E-state index in [-0.39, 0.29) is 4.90 Å². The molecular weight excluding hydrogens is 314 g/mol. The summed E-state index contributed by atoms with van der Waals surface area (Å²) in [6.45, 7) is 0.889. The van der Waals surface area contributed by atoms with Gasteiger partial charge in [-0.05, 0) is 18.6 Å². The van der Waals surface area contributed by atoms with Gasteiger partial charge in [0.05, 0.1) is 6.54 Å². The molecule has 0 saturated heterocycles. The third-order valence-electron chi connectivity index (χ3n) is 2.42. The lowest BCUT2D eigenvalue weighted by molar-refractivity contribution is -0.122. The smallest absolute Gasteiger partial charge is 0.320 e. The van der Waals surface area contributed by atoms with Crippen LogP contribution in [0, 0.1) is 0 Å². The Morgan fingerprint density at radius 2 is 2.00 bits per heavy atom. The third kappa shape index (κ3) is 5.12. The second-order valence-electron chi connectivity index (χ2n) is 4.19. The second-order valence-corrected chi connectivity index (χ2v) is 5.96. The van der Waals surface area contributed by atoms with Gasteiger partial charge in [0.15, 0.2) is 0 Å². The zero-order valence-electron chi connectivity index (χ0n) is 11.1. The van der Waals surface area contributed by atoms with Crippen molar-refractivity contribution in [1.82, 2.24) is 9.71 Å². The molecule has 0 unspecified atom stereocenters. The Hall–Kier alpha value is -1.42. The molecule has 0 spiro atoms. The molecule has 1 rings (SSSR count). The van der Waals surface area contributed by atoms with Crippen LogP contribution in [0.5, 0.6) is 0 Å². The molecule has 0 aliphatic carbocycles. The quantitative estimate of drug-likeness (QED) is 0.717. The molecular formula is C11H15F4N3O2S. The molecule has 0 aromatic carbocycles. The van der Waals surface area contributed by atoms with Gasteiger partial charge in [-0.15, -0.1) is 0 Å². The van der Waals surface area contributed by atoms with E-state index >= 15 is 0 Å². The molecule has 1 aromatic rings. The van der Waals surface area contributed by atoms with Gasteiger partial charge in [-0.25, -0.2) is 26.9 Å². The van der Waals surface area contributed by atoms with E-state index in [1.54, 1.807) is 0 Å². The number of hydrogen-bond acceptors (Lipinski definition) is 4. The van der Waals surface area contributed by atoms with E-state index in [1.165, 1.54) is 10.8 Å². The van der Waals surface area contributed by atoms with Gasteiger partial charge in [-0.3, -0.25) is 0 Å². The first kappa shape index (κ1) is 17.6. The number of alkyl halides is 4. The van der Waals surface area contributed by atoms with E-state index in [0.29, 0.717) is 12.4 Å². The summed E-state index contributed by atoms with van der Waals surface area (Å²) in [6, 6.07) is 2.50. The normalized spacial score (nSPS) is 12.7. The third-order valence-corrected chi connectivity index (χ3v) is 3.81. The molecule has 0 aliphatic heterocycles. The molecule has 10 heteroatoms. The molecule has 0 bridgehead atoms. The van der Waals surface area contributed by atoms with Crippen LogP contribution in [0.3, 0.4) is 0 Å². The molecule has 2 N–H and O–H groups in total. The highest BCUT2D eigenvalue weighted by molar-refractivity contribution is 7.89. The SMILES string of the molecule is CCCNc1ccc(S(=O)(=O)NCC(F)(F)C(F)F)cn1. The Balaban J connectivity index is 2.74. The van der Waals surface area contributed by atoms with Crippen LogP contribution in [-0.4, -0.2) is 38.8 Å². The van der Waals surface area contributed by atoms with E-state index in [2.05, 4.69) is 10.3 Å². The summed E-state index contributed by atoms with van der Waals surface area (Å²) in [5.41, 5.74) is 0. The molecule has 0 saturated carbocycles. The van der Waals surface area contributed by atoms with Gasteiger partial charge >= 0.3 is 12.3 Å². The summed E-state index contributed by atoms with van der Waals surface area (Å²) < 4.78 is 74.1. The molecule has 0 fully saturated rings. The van der Waals surface area contributed by atoms with Crippen molar-refractivity contribution in [3.05, 3.63) is 18.3 Å². The molecule has 1 aromatic heterocycles. The largest absolute Gasteiger partial charge is 0.370 e. The molecule has 120 valence electrons. The highest BCUT2D eigenvalue weighted by Crippen LogP contribution is 2.22. The van der Waals surface area contributed by atoms with Gasteiger partial charge in [0.1, 0.15) is 10.7 Å². The van der Waals surface area contributed by atoms with Crippen LogP contribution < -0.4 is 10.0 Å². The Labute approximate surface area is 119 Å². The fourth-order valence-electron chi connectivity index (χ4n) is 1.25. The number of nitrogens with zero attached hydrogens (tertiary/aromatic N) is 1. The summed E-state index contributed by atoms with van der Waals surface area (Å²) in [5.74, 6) is -4.00. The molecule has 0 atom stereocenters. The van der Waals surface area contributed by atoms with E-state index in [9.17, 15) is 26.0 Å². The van der Waals surface area contributed by atoms with Crippen molar-refractivity contribution < 1.29 is 26.0 Å². The molecule has 21 heavy (non-hydrogen) atoms. The number of halogens is 4. The molecule has 0 radical (unpaired) electrons. The van der Waals surface area contributed by atoms with Gasteiger partial charge in [0, 0.05) is 12.7 Å². The monoisotopic (exact) mass is 329 g/mol. The van der Waals surface area contributed by atoms with Crippen LogP contribution in [0.15, 0.2) is 23.2 Å². The average molecular weight is 329 g/mol. The average Bonchev–Trinajstić information content (AvgIpc) is 2.43. The van der Waals surface area contributed by atoms with Crippen LogP contribution in [0.2, 0.25) is 0 Å². The summed E-state index contributed by atoms with van der Waals surface area (Å²) in [6.07, 6.45) is -2.15. The van der Waals surface area contributed by atoms with Crippen LogP contribution in [0.4, 0.5) is 23.4 Å². The summed E-state index contributed by atoms with van der Waals surface area (Å²) in [5, 5.41) is 2.90. The van der Waals surface area contributed by atoms with Gasteiger partial charge in [-0.1, -0.05) is 6.92 Å². The summed E-state index contributed by atoms with van der Waals surface area (Å²) in [7, 11) is -4.32. The van der Waals surface area contributed by atoms with E-state index in [1.807, 2.05) is 6.92 Å².